The number of para-hydroxylation sites is 1. The molecule has 106 valence electrons. The molecule has 0 unspecified atom stereocenters. The Morgan fingerprint density at radius 1 is 1.30 bits per heavy atom. The molecular formula is C14H15ClN2O2S. The third-order valence-corrected chi connectivity index (χ3v) is 4.82. The first kappa shape index (κ1) is 14.8. The van der Waals surface area contributed by atoms with Crippen molar-refractivity contribution in [1.82, 2.24) is 4.98 Å². The molecule has 0 aliphatic carbocycles. The summed E-state index contributed by atoms with van der Waals surface area (Å²) in [5, 5.41) is 0.152. The highest BCUT2D eigenvalue weighted by Gasteiger charge is 2.20. The van der Waals surface area contributed by atoms with Gasteiger partial charge in [0.15, 0.2) is 0 Å². The summed E-state index contributed by atoms with van der Waals surface area (Å²) in [6, 6.07) is 7.12. The van der Waals surface area contributed by atoms with Crippen LogP contribution in [0.5, 0.6) is 0 Å². The van der Waals surface area contributed by atoms with Crippen LogP contribution in [0.3, 0.4) is 0 Å². The Kier molecular flexibility index (Phi) is 4.30. The minimum absolute atomic E-state index is 0.0213. The van der Waals surface area contributed by atoms with Crippen molar-refractivity contribution in [3.63, 3.8) is 0 Å². The number of hydrogen-bond donors (Lipinski definition) is 1. The van der Waals surface area contributed by atoms with Gasteiger partial charge in [0, 0.05) is 12.4 Å². The summed E-state index contributed by atoms with van der Waals surface area (Å²) in [6.07, 6.45) is 3.43. The predicted molar refractivity (Wildman–Crippen MR) is 80.6 cm³/mol. The third kappa shape index (κ3) is 2.94. The van der Waals surface area contributed by atoms with Crippen LogP contribution in [0, 0.1) is 6.92 Å². The number of rotatable bonds is 4. The zero-order valence-corrected chi connectivity index (χ0v) is 12.8. The molecule has 1 heterocycles. The number of halogens is 1. The highest BCUT2D eigenvalue weighted by molar-refractivity contribution is 7.92. The summed E-state index contributed by atoms with van der Waals surface area (Å²) in [5.41, 5.74) is 2.41. The molecule has 0 amide bonds. The van der Waals surface area contributed by atoms with Crippen molar-refractivity contribution < 1.29 is 8.42 Å². The highest BCUT2D eigenvalue weighted by Crippen LogP contribution is 2.26. The molecule has 1 aromatic carbocycles. The van der Waals surface area contributed by atoms with E-state index in [1.165, 1.54) is 18.5 Å². The van der Waals surface area contributed by atoms with E-state index >= 15 is 0 Å². The molecule has 4 nitrogen and oxygen atoms in total. The van der Waals surface area contributed by atoms with E-state index in [0.29, 0.717) is 5.69 Å². The van der Waals surface area contributed by atoms with Crippen molar-refractivity contribution in [2.75, 3.05) is 4.72 Å². The largest absolute Gasteiger partial charge is 0.279 e. The molecule has 0 radical (unpaired) electrons. The Hall–Kier alpha value is -1.59. The van der Waals surface area contributed by atoms with E-state index in [0.717, 1.165) is 17.5 Å². The van der Waals surface area contributed by atoms with Crippen molar-refractivity contribution in [2.45, 2.75) is 25.2 Å². The lowest BCUT2D eigenvalue weighted by molar-refractivity contribution is 0.600. The fourth-order valence-corrected chi connectivity index (χ4v) is 3.52. The van der Waals surface area contributed by atoms with Gasteiger partial charge in [-0.15, -0.1) is 0 Å². The van der Waals surface area contributed by atoms with Crippen LogP contribution < -0.4 is 4.72 Å². The van der Waals surface area contributed by atoms with Crippen LogP contribution in [-0.2, 0) is 16.4 Å². The Labute approximate surface area is 123 Å². The summed E-state index contributed by atoms with van der Waals surface area (Å²) >= 11 is 5.93. The Bertz CT molecular complexity index is 730. The predicted octanol–water partition coefficient (Wildman–Crippen LogP) is 3.41. The van der Waals surface area contributed by atoms with Crippen molar-refractivity contribution in [1.29, 1.82) is 0 Å². The molecule has 2 aromatic rings. The number of nitrogens with zero attached hydrogens (tertiary/aromatic N) is 1. The zero-order chi connectivity index (χ0) is 14.8. The van der Waals surface area contributed by atoms with E-state index in [-0.39, 0.29) is 9.92 Å². The molecule has 1 aromatic heterocycles. The lowest BCUT2D eigenvalue weighted by Crippen LogP contribution is -2.15. The number of pyridine rings is 1. The van der Waals surface area contributed by atoms with E-state index in [2.05, 4.69) is 9.71 Å². The minimum atomic E-state index is -3.74. The summed E-state index contributed by atoms with van der Waals surface area (Å²) in [6.45, 7) is 3.84. The van der Waals surface area contributed by atoms with Crippen molar-refractivity contribution in [3.05, 3.63) is 52.8 Å². The highest BCUT2D eigenvalue weighted by atomic mass is 35.5. The van der Waals surface area contributed by atoms with Crippen LogP contribution in [0.1, 0.15) is 18.1 Å². The lowest BCUT2D eigenvalue weighted by Gasteiger charge is -2.14. The molecule has 20 heavy (non-hydrogen) atoms. The van der Waals surface area contributed by atoms with Crippen molar-refractivity contribution in [3.8, 4) is 0 Å². The molecule has 0 atom stereocenters. The quantitative estimate of drug-likeness (QED) is 0.941. The van der Waals surface area contributed by atoms with Gasteiger partial charge in [0.25, 0.3) is 10.0 Å². The molecule has 0 spiro atoms. The summed E-state index contributed by atoms with van der Waals surface area (Å²) in [5.74, 6) is 0. The second-order valence-electron chi connectivity index (χ2n) is 4.37. The van der Waals surface area contributed by atoms with Crippen LogP contribution >= 0.6 is 11.6 Å². The summed E-state index contributed by atoms with van der Waals surface area (Å²) < 4.78 is 27.4. The first-order chi connectivity index (χ1) is 9.45. The first-order valence-electron chi connectivity index (χ1n) is 6.16. The first-order valence-corrected chi connectivity index (χ1v) is 8.02. The maximum Gasteiger partial charge on any atom is 0.264 e. The van der Waals surface area contributed by atoms with Crippen molar-refractivity contribution >= 4 is 27.3 Å². The molecule has 0 aliphatic rings. The van der Waals surface area contributed by atoms with E-state index in [1.54, 1.807) is 0 Å². The van der Waals surface area contributed by atoms with Gasteiger partial charge in [-0.05, 0) is 30.5 Å². The molecule has 0 aliphatic heterocycles. The van der Waals surface area contributed by atoms with Crippen LogP contribution in [0.4, 0.5) is 5.69 Å². The zero-order valence-electron chi connectivity index (χ0n) is 11.2. The fraction of sp³-hybridized carbons (Fsp3) is 0.214. The van der Waals surface area contributed by atoms with E-state index in [4.69, 9.17) is 11.6 Å². The molecule has 0 bridgehead atoms. The van der Waals surface area contributed by atoms with Crippen molar-refractivity contribution in [2.24, 2.45) is 0 Å². The van der Waals surface area contributed by atoms with Gasteiger partial charge in [0.1, 0.15) is 4.90 Å². The van der Waals surface area contributed by atoms with Gasteiger partial charge in [-0.3, -0.25) is 9.71 Å². The average Bonchev–Trinajstić information content (AvgIpc) is 2.41. The number of benzene rings is 1. The molecule has 0 saturated heterocycles. The topological polar surface area (TPSA) is 59.1 Å². The van der Waals surface area contributed by atoms with Crippen LogP contribution in [0.25, 0.3) is 0 Å². The average molecular weight is 311 g/mol. The standard InChI is InChI=1S/C14H15ClN2O2S/c1-3-11-6-4-5-10(2)14(11)17-20(18,19)13-9-16-8-7-12(13)15/h4-9,17H,3H2,1-2H3. The van der Waals surface area contributed by atoms with E-state index in [1.807, 2.05) is 32.0 Å². The number of nitrogens with one attached hydrogen (secondary N) is 1. The maximum atomic E-state index is 12.4. The van der Waals surface area contributed by atoms with Crippen LogP contribution in [0.2, 0.25) is 5.02 Å². The number of aromatic nitrogens is 1. The minimum Gasteiger partial charge on any atom is -0.279 e. The lowest BCUT2D eigenvalue weighted by atomic mass is 10.1. The fourth-order valence-electron chi connectivity index (χ4n) is 1.92. The Morgan fingerprint density at radius 3 is 2.70 bits per heavy atom. The van der Waals surface area contributed by atoms with Gasteiger partial charge in [-0.25, -0.2) is 8.42 Å². The van der Waals surface area contributed by atoms with Gasteiger partial charge in [-0.2, -0.15) is 0 Å². The summed E-state index contributed by atoms with van der Waals surface area (Å²) in [7, 11) is -3.74. The van der Waals surface area contributed by atoms with Gasteiger partial charge in [0.05, 0.1) is 10.7 Å². The molecule has 1 N–H and O–H groups in total. The van der Waals surface area contributed by atoms with Gasteiger partial charge in [-0.1, -0.05) is 36.7 Å². The SMILES string of the molecule is CCc1cccc(C)c1NS(=O)(=O)c1cnccc1Cl. The van der Waals surface area contributed by atoms with E-state index < -0.39 is 10.0 Å². The number of anilines is 1. The van der Waals surface area contributed by atoms with E-state index in [9.17, 15) is 8.42 Å². The number of aryl methyl sites for hydroxylation is 2. The van der Waals surface area contributed by atoms with Gasteiger partial charge >= 0.3 is 0 Å². The second-order valence-corrected chi connectivity index (χ2v) is 6.43. The van der Waals surface area contributed by atoms with Gasteiger partial charge in [0.2, 0.25) is 0 Å². The van der Waals surface area contributed by atoms with Crippen LogP contribution in [0.15, 0.2) is 41.6 Å². The summed E-state index contributed by atoms with van der Waals surface area (Å²) in [4.78, 5) is 3.79. The number of hydrogen-bond acceptors (Lipinski definition) is 3. The molecular weight excluding hydrogens is 296 g/mol. The second kappa shape index (κ2) is 5.81. The number of sulfonamides is 1. The third-order valence-electron chi connectivity index (χ3n) is 3.00. The smallest absolute Gasteiger partial charge is 0.264 e. The normalized spacial score (nSPS) is 11.3. The molecule has 2 rings (SSSR count). The molecule has 0 fully saturated rings. The van der Waals surface area contributed by atoms with Gasteiger partial charge < -0.3 is 0 Å². The Balaban J connectivity index is 2.47. The molecule has 6 heteroatoms. The van der Waals surface area contributed by atoms with Crippen LogP contribution in [-0.4, -0.2) is 13.4 Å². The molecule has 0 saturated carbocycles. The monoisotopic (exact) mass is 310 g/mol. The Morgan fingerprint density at radius 2 is 2.05 bits per heavy atom. The maximum absolute atomic E-state index is 12.4.